The molecular weight excluding hydrogens is 484 g/mol. The first-order valence-electron chi connectivity index (χ1n) is 10.7. The molecule has 2 aromatic carbocycles. The Bertz CT molecular complexity index is 1610. The minimum atomic E-state index is -4.15. The van der Waals surface area contributed by atoms with E-state index in [0.29, 0.717) is 11.4 Å². The lowest BCUT2D eigenvalue weighted by atomic mass is 10.2. The van der Waals surface area contributed by atoms with Crippen LogP contribution >= 0.6 is 0 Å². The third kappa shape index (κ3) is 4.33. The molecule has 0 saturated heterocycles. The van der Waals surface area contributed by atoms with E-state index >= 15 is 0 Å². The molecule has 186 valence electrons. The lowest BCUT2D eigenvalue weighted by molar-refractivity contribution is 0.0827. The van der Waals surface area contributed by atoms with Crippen molar-refractivity contribution in [2.75, 3.05) is 26.5 Å². The van der Waals surface area contributed by atoms with Crippen LogP contribution in [0.25, 0.3) is 5.65 Å². The van der Waals surface area contributed by atoms with Crippen LogP contribution in [0, 0.1) is 6.92 Å². The third-order valence-electron chi connectivity index (χ3n) is 5.48. The predicted octanol–water partition coefficient (Wildman–Crippen LogP) is 2.42. The van der Waals surface area contributed by atoms with E-state index in [1.807, 2.05) is 0 Å². The lowest BCUT2D eigenvalue weighted by Crippen LogP contribution is -2.21. The number of hydrogen-bond donors (Lipinski definition) is 2. The van der Waals surface area contributed by atoms with Gasteiger partial charge in [0.15, 0.2) is 10.7 Å². The molecule has 4 aromatic rings. The first kappa shape index (κ1) is 24.7. The molecule has 0 atom stereocenters. The van der Waals surface area contributed by atoms with Gasteiger partial charge in [0.05, 0.1) is 12.0 Å². The number of aromatic nitrogens is 3. The number of primary amides is 1. The standard InChI is InChI=1S/C24H24N6O5S/c1-14-21-26-13-19(20(25)31)22(27-16-8-6-9-17(12-16)35-4)30(21)28-23(14)36(33,34)18-10-5-7-15(11-18)24(32)29(2)3/h5-13,27H,1-4H3,(H2,25,31). The van der Waals surface area contributed by atoms with Crippen LogP contribution in [0.5, 0.6) is 5.75 Å². The number of sulfone groups is 1. The molecule has 0 bridgehead atoms. The largest absolute Gasteiger partial charge is 0.497 e. The molecule has 11 nitrogen and oxygen atoms in total. The number of anilines is 2. The average molecular weight is 509 g/mol. The van der Waals surface area contributed by atoms with E-state index < -0.39 is 15.7 Å². The monoisotopic (exact) mass is 508 g/mol. The Balaban J connectivity index is 1.89. The van der Waals surface area contributed by atoms with Crippen LogP contribution in [0.4, 0.5) is 11.5 Å². The summed E-state index contributed by atoms with van der Waals surface area (Å²) in [6.07, 6.45) is 1.27. The number of fused-ring (bicyclic) bond motifs is 1. The van der Waals surface area contributed by atoms with Gasteiger partial charge in [-0.05, 0) is 37.3 Å². The van der Waals surface area contributed by atoms with Gasteiger partial charge in [-0.15, -0.1) is 0 Å². The lowest BCUT2D eigenvalue weighted by Gasteiger charge is -2.12. The van der Waals surface area contributed by atoms with Crippen molar-refractivity contribution in [1.82, 2.24) is 19.5 Å². The van der Waals surface area contributed by atoms with Gasteiger partial charge >= 0.3 is 0 Å². The Morgan fingerprint density at radius 2 is 1.83 bits per heavy atom. The highest BCUT2D eigenvalue weighted by atomic mass is 32.2. The van der Waals surface area contributed by atoms with Crippen molar-refractivity contribution in [3.05, 3.63) is 71.4 Å². The molecule has 0 saturated carbocycles. The fourth-order valence-electron chi connectivity index (χ4n) is 3.64. The normalized spacial score (nSPS) is 11.3. The summed E-state index contributed by atoms with van der Waals surface area (Å²) < 4.78 is 33.6. The minimum absolute atomic E-state index is 0.00958. The average Bonchev–Trinajstić information content (AvgIpc) is 3.21. The number of benzene rings is 2. The minimum Gasteiger partial charge on any atom is -0.497 e. The van der Waals surface area contributed by atoms with Gasteiger partial charge in [0.2, 0.25) is 9.84 Å². The molecule has 0 fully saturated rings. The topological polar surface area (TPSA) is 149 Å². The van der Waals surface area contributed by atoms with Crippen LogP contribution in [0.15, 0.2) is 64.6 Å². The summed E-state index contributed by atoms with van der Waals surface area (Å²) in [5.74, 6) is -0.404. The molecule has 0 aliphatic rings. The van der Waals surface area contributed by atoms with E-state index in [4.69, 9.17) is 10.5 Å². The SMILES string of the molecule is COc1cccc(Nc2c(C(N)=O)cnc3c(C)c(S(=O)(=O)c4cccc(C(=O)N(C)C)c4)nn23)c1. The zero-order chi connectivity index (χ0) is 26.2. The maximum Gasteiger partial charge on any atom is 0.254 e. The van der Waals surface area contributed by atoms with Gasteiger partial charge in [0, 0.05) is 43.2 Å². The fraction of sp³-hybridized carbons (Fsp3) is 0.167. The Kier molecular flexibility index (Phi) is 6.37. The number of nitrogens with two attached hydrogens (primary N) is 1. The molecule has 2 amide bonds. The van der Waals surface area contributed by atoms with Crippen LogP contribution < -0.4 is 15.8 Å². The third-order valence-corrected chi connectivity index (χ3v) is 7.25. The van der Waals surface area contributed by atoms with Gasteiger partial charge in [-0.2, -0.15) is 9.61 Å². The Labute approximate surface area is 207 Å². The van der Waals surface area contributed by atoms with Gasteiger partial charge in [-0.3, -0.25) is 9.59 Å². The molecule has 36 heavy (non-hydrogen) atoms. The first-order valence-corrected chi connectivity index (χ1v) is 12.2. The molecule has 0 radical (unpaired) electrons. The second kappa shape index (κ2) is 9.30. The Morgan fingerprint density at radius 1 is 1.11 bits per heavy atom. The van der Waals surface area contributed by atoms with Crippen molar-refractivity contribution < 1.29 is 22.7 Å². The van der Waals surface area contributed by atoms with E-state index in [1.54, 1.807) is 45.3 Å². The highest BCUT2D eigenvalue weighted by Crippen LogP contribution is 2.30. The number of nitrogens with one attached hydrogen (secondary N) is 1. The van der Waals surface area contributed by atoms with Crippen molar-refractivity contribution in [3.8, 4) is 5.75 Å². The number of rotatable bonds is 7. The van der Waals surface area contributed by atoms with Crippen molar-refractivity contribution >= 4 is 38.8 Å². The maximum atomic E-state index is 13.6. The molecule has 0 unspecified atom stereocenters. The van der Waals surface area contributed by atoms with E-state index in [0.717, 1.165) is 0 Å². The second-order valence-electron chi connectivity index (χ2n) is 8.14. The fourth-order valence-corrected chi connectivity index (χ4v) is 5.08. The maximum absolute atomic E-state index is 13.6. The smallest absolute Gasteiger partial charge is 0.254 e. The molecule has 2 heterocycles. The summed E-state index contributed by atoms with van der Waals surface area (Å²) >= 11 is 0. The number of aryl methyl sites for hydroxylation is 1. The van der Waals surface area contributed by atoms with E-state index in [2.05, 4.69) is 15.4 Å². The summed E-state index contributed by atoms with van der Waals surface area (Å²) in [7, 11) is 0.524. The molecule has 2 aromatic heterocycles. The van der Waals surface area contributed by atoms with Gasteiger partial charge in [-0.1, -0.05) is 12.1 Å². The highest BCUT2D eigenvalue weighted by molar-refractivity contribution is 7.91. The quantitative estimate of drug-likeness (QED) is 0.387. The van der Waals surface area contributed by atoms with E-state index in [9.17, 15) is 18.0 Å². The van der Waals surface area contributed by atoms with Crippen LogP contribution in [-0.4, -0.2) is 60.9 Å². The number of hydrogen-bond acceptors (Lipinski definition) is 8. The number of carbonyl (C=O) groups excluding carboxylic acids is 2. The van der Waals surface area contributed by atoms with Crippen molar-refractivity contribution in [1.29, 1.82) is 0 Å². The predicted molar refractivity (Wildman–Crippen MR) is 132 cm³/mol. The Hall–Kier alpha value is -4.45. The molecule has 0 aliphatic carbocycles. The van der Waals surface area contributed by atoms with Gasteiger partial charge < -0.3 is 20.7 Å². The van der Waals surface area contributed by atoms with Crippen molar-refractivity contribution in [2.45, 2.75) is 16.8 Å². The van der Waals surface area contributed by atoms with Crippen LogP contribution in [-0.2, 0) is 9.84 Å². The zero-order valence-corrected chi connectivity index (χ0v) is 20.8. The van der Waals surface area contributed by atoms with Gasteiger partial charge in [0.25, 0.3) is 11.8 Å². The first-order chi connectivity index (χ1) is 17.0. The summed E-state index contributed by atoms with van der Waals surface area (Å²) in [6, 6.07) is 12.7. The van der Waals surface area contributed by atoms with Crippen molar-refractivity contribution in [2.24, 2.45) is 5.73 Å². The van der Waals surface area contributed by atoms with Gasteiger partial charge in [-0.25, -0.2) is 13.4 Å². The van der Waals surface area contributed by atoms with Gasteiger partial charge in [0.1, 0.15) is 17.1 Å². The number of methoxy groups -OCH3 is 1. The molecule has 12 heteroatoms. The van der Waals surface area contributed by atoms with Crippen LogP contribution in [0.2, 0.25) is 0 Å². The Morgan fingerprint density at radius 3 is 2.50 bits per heavy atom. The molecule has 0 spiro atoms. The van der Waals surface area contributed by atoms with Crippen molar-refractivity contribution in [3.63, 3.8) is 0 Å². The van der Waals surface area contributed by atoms with E-state index in [-0.39, 0.29) is 44.0 Å². The number of nitrogens with zero attached hydrogens (tertiary/aromatic N) is 4. The van der Waals surface area contributed by atoms with E-state index in [1.165, 1.54) is 47.0 Å². The molecular formula is C24H24N6O5S. The zero-order valence-electron chi connectivity index (χ0n) is 20.0. The van der Waals surface area contributed by atoms with Crippen LogP contribution in [0.1, 0.15) is 26.3 Å². The highest BCUT2D eigenvalue weighted by Gasteiger charge is 2.28. The summed E-state index contributed by atoms with van der Waals surface area (Å²) in [6.45, 7) is 1.57. The summed E-state index contributed by atoms with van der Waals surface area (Å²) in [5, 5.41) is 7.13. The number of ether oxygens (including phenoxy) is 1. The molecule has 4 rings (SSSR count). The second-order valence-corrected chi connectivity index (χ2v) is 10.0. The summed E-state index contributed by atoms with van der Waals surface area (Å²) in [4.78, 5) is 30.0. The molecule has 3 N–H and O–H groups in total. The molecule has 0 aliphatic heterocycles. The van der Waals surface area contributed by atoms with Crippen LogP contribution in [0.3, 0.4) is 0 Å². The summed E-state index contributed by atoms with van der Waals surface area (Å²) in [5.41, 5.74) is 6.83. The number of amides is 2. The number of carbonyl (C=O) groups is 2.